The van der Waals surface area contributed by atoms with Crippen molar-refractivity contribution < 1.29 is 9.53 Å². The van der Waals surface area contributed by atoms with Gasteiger partial charge in [0.05, 0.1) is 11.9 Å². The van der Waals surface area contributed by atoms with Gasteiger partial charge in [0, 0.05) is 18.2 Å². The Kier molecular flexibility index (Phi) is 5.62. The van der Waals surface area contributed by atoms with Crippen LogP contribution < -0.4 is 10.1 Å². The monoisotopic (exact) mass is 333 g/mol. The van der Waals surface area contributed by atoms with Gasteiger partial charge in [-0.3, -0.25) is 4.79 Å². The lowest BCUT2D eigenvalue weighted by Crippen LogP contribution is -2.12. The first-order valence-electron chi connectivity index (χ1n) is 6.40. The number of halogens is 1. The maximum absolute atomic E-state index is 11.3. The van der Waals surface area contributed by atoms with Crippen molar-refractivity contribution in [3.05, 3.63) is 60.2 Å². The first-order valence-corrected chi connectivity index (χ1v) is 7.52. The molecule has 2 aromatic rings. The standard InChI is InChI=1S/C16H16BrNO2/c17-12-16(19)18-14-7-4-8-15(11-14)20-10-9-13-5-2-1-3-6-13/h1-8,11H,9-10,12H2,(H,18,19). The molecule has 0 heterocycles. The molecule has 2 rings (SSSR count). The highest BCUT2D eigenvalue weighted by Crippen LogP contribution is 2.17. The molecule has 0 atom stereocenters. The van der Waals surface area contributed by atoms with Crippen LogP contribution in [0.25, 0.3) is 0 Å². The van der Waals surface area contributed by atoms with Crippen LogP contribution in [0.4, 0.5) is 5.69 Å². The van der Waals surface area contributed by atoms with Crippen LogP contribution in [0, 0.1) is 0 Å². The second-order valence-corrected chi connectivity index (χ2v) is 4.85. The summed E-state index contributed by atoms with van der Waals surface area (Å²) in [4.78, 5) is 11.3. The molecule has 0 aliphatic heterocycles. The van der Waals surface area contributed by atoms with Crippen molar-refractivity contribution in [2.24, 2.45) is 0 Å². The number of anilines is 1. The fourth-order valence-electron chi connectivity index (χ4n) is 1.79. The normalized spacial score (nSPS) is 10.1. The molecule has 0 fully saturated rings. The SMILES string of the molecule is O=C(CBr)Nc1cccc(OCCc2ccccc2)c1. The first-order chi connectivity index (χ1) is 9.78. The van der Waals surface area contributed by atoms with Gasteiger partial charge in [-0.1, -0.05) is 52.3 Å². The van der Waals surface area contributed by atoms with E-state index in [-0.39, 0.29) is 11.2 Å². The van der Waals surface area contributed by atoms with Gasteiger partial charge in [0.25, 0.3) is 0 Å². The van der Waals surface area contributed by atoms with Crippen LogP contribution in [-0.4, -0.2) is 17.8 Å². The number of ether oxygens (including phenoxy) is 1. The summed E-state index contributed by atoms with van der Waals surface area (Å²) in [6.45, 7) is 0.611. The Labute approximate surface area is 127 Å². The van der Waals surface area contributed by atoms with Crippen LogP contribution in [0.2, 0.25) is 0 Å². The topological polar surface area (TPSA) is 38.3 Å². The Hall–Kier alpha value is -1.81. The number of benzene rings is 2. The number of hydrogen-bond donors (Lipinski definition) is 1. The van der Waals surface area contributed by atoms with Gasteiger partial charge in [-0.15, -0.1) is 0 Å². The highest BCUT2D eigenvalue weighted by molar-refractivity contribution is 9.09. The fourth-order valence-corrected chi connectivity index (χ4v) is 1.93. The van der Waals surface area contributed by atoms with E-state index in [1.54, 1.807) is 0 Å². The Bertz CT molecular complexity index is 557. The third kappa shape index (κ3) is 4.70. The van der Waals surface area contributed by atoms with Crippen LogP contribution in [0.3, 0.4) is 0 Å². The number of hydrogen-bond acceptors (Lipinski definition) is 2. The Morgan fingerprint density at radius 1 is 1.10 bits per heavy atom. The summed E-state index contributed by atoms with van der Waals surface area (Å²) in [6.07, 6.45) is 0.860. The summed E-state index contributed by atoms with van der Waals surface area (Å²) in [5, 5.41) is 3.06. The van der Waals surface area contributed by atoms with E-state index in [1.165, 1.54) is 5.56 Å². The second kappa shape index (κ2) is 7.70. The smallest absolute Gasteiger partial charge is 0.235 e. The molecule has 1 amide bonds. The zero-order chi connectivity index (χ0) is 14.2. The lowest BCUT2D eigenvalue weighted by atomic mass is 10.2. The zero-order valence-corrected chi connectivity index (χ0v) is 12.6. The minimum absolute atomic E-state index is 0.0774. The average Bonchev–Trinajstić information content (AvgIpc) is 2.48. The second-order valence-electron chi connectivity index (χ2n) is 4.29. The number of carbonyl (C=O) groups excluding carboxylic acids is 1. The molecular weight excluding hydrogens is 318 g/mol. The van der Waals surface area contributed by atoms with Crippen molar-refractivity contribution in [2.75, 3.05) is 17.3 Å². The Morgan fingerprint density at radius 2 is 1.90 bits per heavy atom. The van der Waals surface area contributed by atoms with E-state index in [1.807, 2.05) is 42.5 Å². The number of alkyl halides is 1. The van der Waals surface area contributed by atoms with Crippen LogP contribution in [-0.2, 0) is 11.2 Å². The average molecular weight is 334 g/mol. The molecule has 0 radical (unpaired) electrons. The maximum atomic E-state index is 11.3. The molecule has 2 aromatic carbocycles. The molecule has 0 saturated heterocycles. The fraction of sp³-hybridized carbons (Fsp3) is 0.188. The van der Waals surface area contributed by atoms with Crippen molar-refractivity contribution in [2.45, 2.75) is 6.42 Å². The highest BCUT2D eigenvalue weighted by Gasteiger charge is 2.01. The van der Waals surface area contributed by atoms with Gasteiger partial charge in [0.15, 0.2) is 0 Å². The summed E-state index contributed by atoms with van der Waals surface area (Å²) >= 11 is 3.12. The Balaban J connectivity index is 1.86. The van der Waals surface area contributed by atoms with Crippen molar-refractivity contribution in [3.63, 3.8) is 0 Å². The predicted molar refractivity (Wildman–Crippen MR) is 84.5 cm³/mol. The van der Waals surface area contributed by atoms with Crippen LogP contribution in [0.15, 0.2) is 54.6 Å². The molecule has 0 spiro atoms. The number of carbonyl (C=O) groups is 1. The molecule has 0 aliphatic rings. The summed E-state index contributed by atoms with van der Waals surface area (Å²) in [7, 11) is 0. The van der Waals surface area contributed by atoms with Gasteiger partial charge in [-0.05, 0) is 17.7 Å². The van der Waals surface area contributed by atoms with Gasteiger partial charge in [0.1, 0.15) is 5.75 Å². The van der Waals surface area contributed by atoms with E-state index in [0.29, 0.717) is 6.61 Å². The number of nitrogens with one attached hydrogen (secondary N) is 1. The molecule has 104 valence electrons. The van der Waals surface area contributed by atoms with Gasteiger partial charge in [-0.2, -0.15) is 0 Å². The van der Waals surface area contributed by atoms with Gasteiger partial charge in [0.2, 0.25) is 5.91 Å². The molecule has 3 nitrogen and oxygen atoms in total. The minimum atomic E-state index is -0.0774. The van der Waals surface area contributed by atoms with E-state index in [2.05, 4.69) is 33.4 Å². The van der Waals surface area contributed by atoms with Gasteiger partial charge < -0.3 is 10.1 Å². The van der Waals surface area contributed by atoms with Crippen LogP contribution in [0.1, 0.15) is 5.56 Å². The van der Waals surface area contributed by atoms with Crippen molar-refractivity contribution in [1.82, 2.24) is 0 Å². The third-order valence-electron chi connectivity index (χ3n) is 2.74. The molecule has 20 heavy (non-hydrogen) atoms. The van der Waals surface area contributed by atoms with E-state index >= 15 is 0 Å². The van der Waals surface area contributed by atoms with Crippen LogP contribution >= 0.6 is 15.9 Å². The van der Waals surface area contributed by atoms with Crippen LogP contribution in [0.5, 0.6) is 5.75 Å². The van der Waals surface area contributed by atoms with E-state index in [4.69, 9.17) is 4.74 Å². The third-order valence-corrected chi connectivity index (χ3v) is 3.25. The number of rotatable bonds is 6. The quantitative estimate of drug-likeness (QED) is 0.819. The highest BCUT2D eigenvalue weighted by atomic mass is 79.9. The summed E-state index contributed by atoms with van der Waals surface area (Å²) in [5.41, 5.74) is 1.99. The zero-order valence-electron chi connectivity index (χ0n) is 11.0. The molecule has 0 unspecified atom stereocenters. The predicted octanol–water partition coefficient (Wildman–Crippen LogP) is 3.64. The van der Waals surface area contributed by atoms with Gasteiger partial charge in [-0.25, -0.2) is 0 Å². The Morgan fingerprint density at radius 3 is 2.65 bits per heavy atom. The van der Waals surface area contributed by atoms with Gasteiger partial charge >= 0.3 is 0 Å². The lowest BCUT2D eigenvalue weighted by molar-refractivity contribution is -0.113. The van der Waals surface area contributed by atoms with Crippen molar-refractivity contribution >= 4 is 27.5 Å². The van der Waals surface area contributed by atoms with Crippen molar-refractivity contribution in [3.8, 4) is 5.75 Å². The molecule has 0 aromatic heterocycles. The molecular formula is C16H16BrNO2. The van der Waals surface area contributed by atoms with E-state index in [9.17, 15) is 4.79 Å². The summed E-state index contributed by atoms with van der Waals surface area (Å²) in [6, 6.07) is 17.6. The summed E-state index contributed by atoms with van der Waals surface area (Å²) < 4.78 is 5.70. The molecule has 0 aliphatic carbocycles. The van der Waals surface area contributed by atoms with E-state index < -0.39 is 0 Å². The summed E-state index contributed by atoms with van der Waals surface area (Å²) in [5.74, 6) is 0.680. The molecule has 0 saturated carbocycles. The first kappa shape index (κ1) is 14.6. The maximum Gasteiger partial charge on any atom is 0.235 e. The largest absolute Gasteiger partial charge is 0.493 e. The van der Waals surface area contributed by atoms with Crippen molar-refractivity contribution in [1.29, 1.82) is 0 Å². The lowest BCUT2D eigenvalue weighted by Gasteiger charge is -2.08. The molecule has 4 heteroatoms. The number of amides is 1. The minimum Gasteiger partial charge on any atom is -0.493 e. The molecule has 0 bridgehead atoms. The van der Waals surface area contributed by atoms with E-state index in [0.717, 1.165) is 17.9 Å². The molecule has 1 N–H and O–H groups in total.